The highest BCUT2D eigenvalue weighted by Gasteiger charge is 2.11. The van der Waals surface area contributed by atoms with Gasteiger partial charge in [0, 0.05) is 0 Å². The van der Waals surface area contributed by atoms with Crippen LogP contribution in [0.2, 0.25) is 0 Å². The predicted octanol–water partition coefficient (Wildman–Crippen LogP) is 0.273. The van der Waals surface area contributed by atoms with Crippen LogP contribution in [0.5, 0.6) is 0 Å². The van der Waals surface area contributed by atoms with Crippen LogP contribution in [0, 0.1) is 18.3 Å². The summed E-state index contributed by atoms with van der Waals surface area (Å²) in [6, 6.07) is 1.69. The first-order chi connectivity index (χ1) is 7.63. The van der Waals surface area contributed by atoms with Crippen LogP contribution in [-0.4, -0.2) is 24.0 Å². The van der Waals surface area contributed by atoms with E-state index in [9.17, 15) is 4.79 Å². The number of aryl methyl sites for hydroxylation is 1. The third-order valence-corrected chi connectivity index (χ3v) is 1.94. The zero-order chi connectivity index (χ0) is 12.0. The monoisotopic (exact) mass is 222 g/mol. The number of hydrogen-bond donors (Lipinski definition) is 2. The van der Waals surface area contributed by atoms with E-state index in [1.165, 1.54) is 0 Å². The van der Waals surface area contributed by atoms with Crippen molar-refractivity contribution >= 4 is 5.91 Å². The predicted molar refractivity (Wildman–Crippen MR) is 56.3 cm³/mol. The number of aromatic nitrogens is 1. The molecule has 0 fully saturated rings. The number of hydrogen-bond acceptors (Lipinski definition) is 5. The van der Waals surface area contributed by atoms with Crippen LogP contribution in [0.1, 0.15) is 24.6 Å². The van der Waals surface area contributed by atoms with Gasteiger partial charge >= 0.3 is 0 Å². The van der Waals surface area contributed by atoms with Gasteiger partial charge in [0.25, 0.3) is 0 Å². The second kappa shape index (κ2) is 5.88. The van der Waals surface area contributed by atoms with Crippen LogP contribution < -0.4 is 10.6 Å². The quantitative estimate of drug-likeness (QED) is 0.698. The number of amides is 1. The van der Waals surface area contributed by atoms with Gasteiger partial charge in [-0.1, -0.05) is 0 Å². The molecule has 1 aromatic rings. The van der Waals surface area contributed by atoms with Gasteiger partial charge in [-0.2, -0.15) is 5.26 Å². The Bertz CT molecular complexity index is 394. The summed E-state index contributed by atoms with van der Waals surface area (Å²) in [5.41, 5.74) is 0. The number of nitriles is 1. The molecule has 0 aliphatic carbocycles. The molecule has 0 bridgehead atoms. The fraction of sp³-hybridized carbons (Fsp3) is 0.500. The highest BCUT2D eigenvalue weighted by molar-refractivity contribution is 5.78. The second-order valence-corrected chi connectivity index (χ2v) is 3.35. The normalized spacial score (nSPS) is 11.8. The number of rotatable bonds is 5. The molecule has 0 saturated carbocycles. The largest absolute Gasteiger partial charge is 0.444 e. The van der Waals surface area contributed by atoms with Crippen LogP contribution in [0.3, 0.4) is 0 Å². The standard InChI is InChI=1S/C10H14N4O2/c1-7-5-14-10(16-7)8(2)13-6-9(15)12-4-3-11/h5,8,13H,4,6H2,1-2H3,(H,12,15). The maximum absolute atomic E-state index is 11.2. The molecular formula is C10H14N4O2. The zero-order valence-corrected chi connectivity index (χ0v) is 9.28. The first-order valence-electron chi connectivity index (χ1n) is 4.93. The number of nitrogens with zero attached hydrogens (tertiary/aromatic N) is 2. The van der Waals surface area contributed by atoms with Crippen molar-refractivity contribution in [2.24, 2.45) is 0 Å². The van der Waals surface area contributed by atoms with Gasteiger partial charge in [-0.3, -0.25) is 10.1 Å². The van der Waals surface area contributed by atoms with E-state index in [1.807, 2.05) is 19.9 Å². The molecule has 1 rings (SSSR count). The van der Waals surface area contributed by atoms with Gasteiger partial charge in [-0.25, -0.2) is 4.98 Å². The van der Waals surface area contributed by atoms with Crippen molar-refractivity contribution in [3.63, 3.8) is 0 Å². The minimum Gasteiger partial charge on any atom is -0.444 e. The third kappa shape index (κ3) is 3.71. The Hall–Kier alpha value is -1.87. The molecule has 6 heteroatoms. The summed E-state index contributed by atoms with van der Waals surface area (Å²) in [4.78, 5) is 15.2. The summed E-state index contributed by atoms with van der Waals surface area (Å²) in [5.74, 6) is 1.06. The van der Waals surface area contributed by atoms with Gasteiger partial charge in [-0.15, -0.1) is 0 Å². The summed E-state index contributed by atoms with van der Waals surface area (Å²) in [5, 5.41) is 13.6. The van der Waals surface area contributed by atoms with Crippen molar-refractivity contribution in [2.45, 2.75) is 19.9 Å². The molecule has 2 N–H and O–H groups in total. The van der Waals surface area contributed by atoms with Crippen molar-refractivity contribution in [3.05, 3.63) is 17.8 Å². The molecule has 1 heterocycles. The first-order valence-corrected chi connectivity index (χ1v) is 4.93. The van der Waals surface area contributed by atoms with Crippen LogP contribution in [0.15, 0.2) is 10.6 Å². The lowest BCUT2D eigenvalue weighted by Crippen LogP contribution is -2.35. The molecule has 1 aromatic heterocycles. The lowest BCUT2D eigenvalue weighted by molar-refractivity contribution is -0.120. The Morgan fingerprint density at radius 2 is 2.50 bits per heavy atom. The number of carbonyl (C=O) groups excluding carboxylic acids is 1. The second-order valence-electron chi connectivity index (χ2n) is 3.35. The van der Waals surface area contributed by atoms with E-state index in [-0.39, 0.29) is 25.0 Å². The molecule has 16 heavy (non-hydrogen) atoms. The van der Waals surface area contributed by atoms with Gasteiger partial charge in [0.15, 0.2) is 0 Å². The molecular weight excluding hydrogens is 208 g/mol. The SMILES string of the molecule is Cc1cnc(C(C)NCC(=O)NCC#N)o1. The number of carbonyl (C=O) groups is 1. The topological polar surface area (TPSA) is 91.0 Å². The maximum Gasteiger partial charge on any atom is 0.234 e. The minimum atomic E-state index is -0.225. The summed E-state index contributed by atoms with van der Waals surface area (Å²) < 4.78 is 5.30. The summed E-state index contributed by atoms with van der Waals surface area (Å²) >= 11 is 0. The average molecular weight is 222 g/mol. The van der Waals surface area contributed by atoms with Crippen LogP contribution in [0.4, 0.5) is 0 Å². The summed E-state index contributed by atoms with van der Waals surface area (Å²) in [6.07, 6.45) is 1.63. The van der Waals surface area contributed by atoms with Crippen molar-refractivity contribution in [3.8, 4) is 6.07 Å². The van der Waals surface area contributed by atoms with E-state index < -0.39 is 0 Å². The molecule has 0 saturated heterocycles. The van der Waals surface area contributed by atoms with Gasteiger partial charge in [0.2, 0.25) is 11.8 Å². The van der Waals surface area contributed by atoms with Crippen LogP contribution in [-0.2, 0) is 4.79 Å². The maximum atomic E-state index is 11.2. The highest BCUT2D eigenvalue weighted by Crippen LogP contribution is 2.10. The lowest BCUT2D eigenvalue weighted by atomic mass is 10.3. The molecule has 1 unspecified atom stereocenters. The van der Waals surface area contributed by atoms with Crippen LogP contribution in [0.25, 0.3) is 0 Å². The van der Waals surface area contributed by atoms with Crippen molar-refractivity contribution < 1.29 is 9.21 Å². The Kier molecular flexibility index (Phi) is 4.48. The van der Waals surface area contributed by atoms with E-state index in [1.54, 1.807) is 6.20 Å². The van der Waals surface area contributed by atoms with Gasteiger partial charge in [0.1, 0.15) is 12.3 Å². The lowest BCUT2D eigenvalue weighted by Gasteiger charge is -2.09. The van der Waals surface area contributed by atoms with Gasteiger partial charge < -0.3 is 9.73 Å². The molecule has 1 atom stereocenters. The smallest absolute Gasteiger partial charge is 0.234 e. The van der Waals surface area contributed by atoms with E-state index in [2.05, 4.69) is 15.6 Å². The highest BCUT2D eigenvalue weighted by atomic mass is 16.4. The molecule has 6 nitrogen and oxygen atoms in total. The molecule has 0 radical (unpaired) electrons. The van der Waals surface area contributed by atoms with E-state index in [0.29, 0.717) is 5.89 Å². The van der Waals surface area contributed by atoms with Gasteiger partial charge in [0.05, 0.1) is 24.9 Å². The fourth-order valence-electron chi connectivity index (χ4n) is 1.11. The molecule has 0 aliphatic rings. The Labute approximate surface area is 93.7 Å². The van der Waals surface area contributed by atoms with Crippen molar-refractivity contribution in [1.82, 2.24) is 15.6 Å². The average Bonchev–Trinajstić information content (AvgIpc) is 2.69. The zero-order valence-electron chi connectivity index (χ0n) is 9.28. The molecule has 86 valence electrons. The third-order valence-electron chi connectivity index (χ3n) is 1.94. The molecule has 0 aromatic carbocycles. The number of oxazole rings is 1. The minimum absolute atomic E-state index is 0.0208. The van der Waals surface area contributed by atoms with E-state index in [4.69, 9.17) is 9.68 Å². The van der Waals surface area contributed by atoms with Gasteiger partial charge in [-0.05, 0) is 13.8 Å². The molecule has 0 spiro atoms. The fourth-order valence-corrected chi connectivity index (χ4v) is 1.11. The van der Waals surface area contributed by atoms with Crippen LogP contribution >= 0.6 is 0 Å². The van der Waals surface area contributed by atoms with Crippen molar-refractivity contribution in [1.29, 1.82) is 5.26 Å². The Morgan fingerprint density at radius 1 is 1.75 bits per heavy atom. The summed E-state index contributed by atoms with van der Waals surface area (Å²) in [7, 11) is 0. The van der Waals surface area contributed by atoms with E-state index in [0.717, 1.165) is 5.76 Å². The Balaban J connectivity index is 2.33. The van der Waals surface area contributed by atoms with Crippen molar-refractivity contribution in [2.75, 3.05) is 13.1 Å². The Morgan fingerprint density at radius 3 is 3.06 bits per heavy atom. The number of nitrogens with one attached hydrogen (secondary N) is 2. The first kappa shape index (κ1) is 12.2. The molecule has 1 amide bonds. The summed E-state index contributed by atoms with van der Waals surface area (Å²) in [6.45, 7) is 3.81. The van der Waals surface area contributed by atoms with E-state index >= 15 is 0 Å². The molecule has 0 aliphatic heterocycles.